The summed E-state index contributed by atoms with van der Waals surface area (Å²) in [6.07, 6.45) is 6.55. The minimum atomic E-state index is -0.245. The predicted octanol–water partition coefficient (Wildman–Crippen LogP) is 4.96. The molecule has 0 amide bonds. The molecule has 20 heavy (non-hydrogen) atoms. The standard InChI is InChI=1S/C18H32O2/c1-7-18(9-8-14(11-18)10-13(2)3)20-15(19)17(6)12-16(17,4)5/h13-14H,7-12H2,1-6H3. The van der Waals surface area contributed by atoms with Gasteiger partial charge in [-0.15, -0.1) is 0 Å². The van der Waals surface area contributed by atoms with Crippen LogP contribution >= 0.6 is 0 Å². The van der Waals surface area contributed by atoms with Crippen LogP contribution in [0, 0.1) is 22.7 Å². The van der Waals surface area contributed by atoms with E-state index >= 15 is 0 Å². The van der Waals surface area contributed by atoms with Crippen molar-refractivity contribution in [1.82, 2.24) is 0 Å². The number of carbonyl (C=O) groups excluding carboxylic acids is 1. The molecule has 0 bridgehead atoms. The third-order valence-electron chi connectivity index (χ3n) is 6.04. The van der Waals surface area contributed by atoms with E-state index in [0.717, 1.165) is 37.5 Å². The highest BCUT2D eigenvalue weighted by Gasteiger charge is 2.64. The second-order valence-corrected chi connectivity index (χ2v) is 8.56. The largest absolute Gasteiger partial charge is 0.459 e. The molecule has 2 aliphatic rings. The van der Waals surface area contributed by atoms with Crippen LogP contribution in [0.5, 0.6) is 0 Å². The zero-order valence-corrected chi connectivity index (χ0v) is 14.2. The molecule has 2 fully saturated rings. The third-order valence-corrected chi connectivity index (χ3v) is 6.04. The molecule has 0 saturated heterocycles. The lowest BCUT2D eigenvalue weighted by molar-refractivity contribution is -0.167. The predicted molar refractivity (Wildman–Crippen MR) is 82.4 cm³/mol. The van der Waals surface area contributed by atoms with Gasteiger partial charge < -0.3 is 4.74 Å². The molecule has 0 heterocycles. The highest BCUT2D eigenvalue weighted by Crippen LogP contribution is 2.64. The van der Waals surface area contributed by atoms with Crippen molar-refractivity contribution >= 4 is 5.97 Å². The van der Waals surface area contributed by atoms with E-state index in [0.29, 0.717) is 0 Å². The van der Waals surface area contributed by atoms with Gasteiger partial charge in [0, 0.05) is 0 Å². The summed E-state index contributed by atoms with van der Waals surface area (Å²) in [5, 5.41) is 0. The van der Waals surface area contributed by atoms with Gasteiger partial charge >= 0.3 is 5.97 Å². The quantitative estimate of drug-likeness (QED) is 0.665. The molecule has 0 N–H and O–H groups in total. The maximum absolute atomic E-state index is 12.6. The van der Waals surface area contributed by atoms with Crippen molar-refractivity contribution < 1.29 is 9.53 Å². The molecule has 0 aromatic heterocycles. The van der Waals surface area contributed by atoms with Crippen molar-refractivity contribution in [2.24, 2.45) is 22.7 Å². The van der Waals surface area contributed by atoms with Crippen LogP contribution in [0.4, 0.5) is 0 Å². The van der Waals surface area contributed by atoms with E-state index in [-0.39, 0.29) is 22.4 Å². The summed E-state index contributed by atoms with van der Waals surface area (Å²) in [5.41, 5.74) is -0.293. The third kappa shape index (κ3) is 2.76. The maximum atomic E-state index is 12.6. The van der Waals surface area contributed by atoms with Crippen LogP contribution in [0.25, 0.3) is 0 Å². The Labute approximate surface area is 124 Å². The summed E-state index contributed by atoms with van der Waals surface area (Å²) in [4.78, 5) is 12.6. The second kappa shape index (κ2) is 5.03. The SMILES string of the molecule is CCC1(OC(=O)C2(C)CC2(C)C)CCC(CC(C)C)C1. The van der Waals surface area contributed by atoms with Crippen molar-refractivity contribution in [3.8, 4) is 0 Å². The first-order valence-electron chi connectivity index (χ1n) is 8.37. The minimum absolute atomic E-state index is 0.0505. The van der Waals surface area contributed by atoms with E-state index < -0.39 is 0 Å². The van der Waals surface area contributed by atoms with Crippen molar-refractivity contribution in [2.75, 3.05) is 0 Å². The van der Waals surface area contributed by atoms with E-state index in [1.165, 1.54) is 12.8 Å². The molecule has 2 rings (SSSR count). The maximum Gasteiger partial charge on any atom is 0.312 e. The number of esters is 1. The molecule has 0 aromatic carbocycles. The van der Waals surface area contributed by atoms with Gasteiger partial charge in [0.2, 0.25) is 0 Å². The Morgan fingerprint density at radius 2 is 1.90 bits per heavy atom. The molecular weight excluding hydrogens is 248 g/mol. The molecular formula is C18H32O2. The van der Waals surface area contributed by atoms with Gasteiger partial charge in [0.05, 0.1) is 5.41 Å². The highest BCUT2D eigenvalue weighted by atomic mass is 16.6. The smallest absolute Gasteiger partial charge is 0.312 e. The average Bonchev–Trinajstić information content (AvgIpc) is 2.69. The number of hydrogen-bond donors (Lipinski definition) is 0. The van der Waals surface area contributed by atoms with E-state index in [2.05, 4.69) is 41.5 Å². The molecule has 116 valence electrons. The molecule has 0 spiro atoms. The van der Waals surface area contributed by atoms with Gasteiger partial charge in [-0.1, -0.05) is 34.6 Å². The van der Waals surface area contributed by atoms with Gasteiger partial charge in [-0.3, -0.25) is 4.79 Å². The van der Waals surface area contributed by atoms with E-state index in [4.69, 9.17) is 4.74 Å². The van der Waals surface area contributed by atoms with Gasteiger partial charge in [0.1, 0.15) is 5.60 Å². The van der Waals surface area contributed by atoms with Crippen LogP contribution in [0.3, 0.4) is 0 Å². The Morgan fingerprint density at radius 1 is 1.30 bits per heavy atom. The minimum Gasteiger partial charge on any atom is -0.459 e. The monoisotopic (exact) mass is 280 g/mol. The Hall–Kier alpha value is -0.530. The molecule has 0 radical (unpaired) electrons. The molecule has 3 atom stereocenters. The molecule has 2 nitrogen and oxygen atoms in total. The first kappa shape index (κ1) is 15.9. The van der Waals surface area contributed by atoms with Crippen LogP contribution in [-0.2, 0) is 9.53 Å². The Bertz CT molecular complexity index is 385. The molecule has 3 unspecified atom stereocenters. The summed E-state index contributed by atoms with van der Waals surface area (Å²) >= 11 is 0. The topological polar surface area (TPSA) is 26.3 Å². The van der Waals surface area contributed by atoms with Gasteiger partial charge in [-0.2, -0.15) is 0 Å². The molecule has 0 aromatic rings. The lowest BCUT2D eigenvalue weighted by Gasteiger charge is -2.31. The fourth-order valence-corrected chi connectivity index (χ4v) is 4.05. The molecule has 2 saturated carbocycles. The van der Waals surface area contributed by atoms with Crippen molar-refractivity contribution in [3.05, 3.63) is 0 Å². The normalized spacial score (nSPS) is 39.0. The Kier molecular flexibility index (Phi) is 3.99. The van der Waals surface area contributed by atoms with Gasteiger partial charge in [-0.05, 0) is 62.7 Å². The van der Waals surface area contributed by atoms with Gasteiger partial charge in [-0.25, -0.2) is 0 Å². The van der Waals surface area contributed by atoms with Crippen LogP contribution in [0.1, 0.15) is 80.1 Å². The lowest BCUT2D eigenvalue weighted by atomic mass is 9.91. The van der Waals surface area contributed by atoms with Crippen molar-refractivity contribution in [3.63, 3.8) is 0 Å². The van der Waals surface area contributed by atoms with Crippen molar-refractivity contribution in [2.45, 2.75) is 85.7 Å². The van der Waals surface area contributed by atoms with Crippen LogP contribution < -0.4 is 0 Å². The summed E-state index contributed by atoms with van der Waals surface area (Å²) in [5.74, 6) is 1.53. The van der Waals surface area contributed by atoms with Crippen LogP contribution in [-0.4, -0.2) is 11.6 Å². The number of rotatable bonds is 5. The number of ether oxygens (including phenoxy) is 1. The fourth-order valence-electron chi connectivity index (χ4n) is 4.05. The van der Waals surface area contributed by atoms with E-state index in [9.17, 15) is 4.79 Å². The second-order valence-electron chi connectivity index (χ2n) is 8.56. The van der Waals surface area contributed by atoms with Crippen LogP contribution in [0.2, 0.25) is 0 Å². The highest BCUT2D eigenvalue weighted by molar-refractivity contribution is 5.81. The Morgan fingerprint density at radius 3 is 2.35 bits per heavy atom. The van der Waals surface area contributed by atoms with Gasteiger partial charge in [0.25, 0.3) is 0 Å². The Balaban J connectivity index is 1.98. The molecule has 0 aliphatic heterocycles. The summed E-state index contributed by atoms with van der Waals surface area (Å²) in [6.45, 7) is 13.1. The zero-order chi connectivity index (χ0) is 15.2. The summed E-state index contributed by atoms with van der Waals surface area (Å²) in [6, 6.07) is 0. The average molecular weight is 280 g/mol. The lowest BCUT2D eigenvalue weighted by Crippen LogP contribution is -2.35. The first-order chi connectivity index (χ1) is 9.14. The summed E-state index contributed by atoms with van der Waals surface area (Å²) in [7, 11) is 0. The molecule has 2 heteroatoms. The fraction of sp³-hybridized carbons (Fsp3) is 0.944. The van der Waals surface area contributed by atoms with E-state index in [1.807, 2.05) is 0 Å². The van der Waals surface area contributed by atoms with Crippen LogP contribution in [0.15, 0.2) is 0 Å². The summed E-state index contributed by atoms with van der Waals surface area (Å²) < 4.78 is 6.08. The first-order valence-corrected chi connectivity index (χ1v) is 8.37. The number of carbonyl (C=O) groups is 1. The number of hydrogen-bond acceptors (Lipinski definition) is 2. The zero-order valence-electron chi connectivity index (χ0n) is 14.2. The van der Waals surface area contributed by atoms with Gasteiger partial charge in [0.15, 0.2) is 0 Å². The molecule has 2 aliphatic carbocycles. The van der Waals surface area contributed by atoms with E-state index in [1.54, 1.807) is 0 Å². The van der Waals surface area contributed by atoms with Crippen molar-refractivity contribution in [1.29, 1.82) is 0 Å².